The fraction of sp³-hybridized carbons (Fsp3) is 0.0645. The maximum atomic E-state index is 12.6. The summed E-state index contributed by atoms with van der Waals surface area (Å²) >= 11 is 1.75. The van der Waals surface area contributed by atoms with Crippen LogP contribution >= 0.6 is 11.3 Å². The third-order valence-corrected chi connectivity index (χ3v) is 7.76. The second-order valence-electron chi connectivity index (χ2n) is 9.56. The zero-order valence-corrected chi connectivity index (χ0v) is 22.3. The molecule has 0 radical (unpaired) electrons. The first kappa shape index (κ1) is 23.9. The molecule has 0 fully saturated rings. The normalized spacial score (nSPS) is 11.3. The topological polar surface area (TPSA) is 112 Å². The number of carbonyl (C=O) groups excluding carboxylic acids is 1. The Morgan fingerprint density at radius 2 is 1.82 bits per heavy atom. The third-order valence-electron chi connectivity index (χ3n) is 6.73. The number of thiophene rings is 1. The number of imidazole rings is 1. The lowest BCUT2D eigenvalue weighted by Crippen LogP contribution is -2.14. The van der Waals surface area contributed by atoms with E-state index in [1.54, 1.807) is 29.9 Å². The number of aromatic nitrogens is 6. The molecule has 7 rings (SSSR count). The number of aryl methyl sites for hydroxylation is 1. The largest absolute Gasteiger partial charge is 0.337 e. The van der Waals surface area contributed by atoms with E-state index >= 15 is 0 Å². The number of benzene rings is 2. The number of aromatic amines is 2. The Morgan fingerprint density at radius 1 is 0.950 bits per heavy atom. The predicted molar refractivity (Wildman–Crippen MR) is 159 cm³/mol. The second kappa shape index (κ2) is 9.87. The van der Waals surface area contributed by atoms with Crippen LogP contribution in [0.4, 0.5) is 5.69 Å². The van der Waals surface area contributed by atoms with Crippen molar-refractivity contribution >= 4 is 45.0 Å². The van der Waals surface area contributed by atoms with Gasteiger partial charge in [0.1, 0.15) is 5.69 Å². The molecule has 5 aromatic heterocycles. The van der Waals surface area contributed by atoms with Gasteiger partial charge in [-0.3, -0.25) is 14.9 Å². The Morgan fingerprint density at radius 3 is 2.67 bits per heavy atom. The molecule has 0 aliphatic heterocycles. The van der Waals surface area contributed by atoms with Gasteiger partial charge in [0.15, 0.2) is 11.5 Å². The molecule has 40 heavy (non-hydrogen) atoms. The summed E-state index contributed by atoms with van der Waals surface area (Å²) in [5.41, 5.74) is 7.57. The summed E-state index contributed by atoms with van der Waals surface area (Å²) in [5, 5.41) is 11.3. The number of anilines is 1. The predicted octanol–water partition coefficient (Wildman–Crippen LogP) is 6.78. The summed E-state index contributed by atoms with van der Waals surface area (Å²) in [6.45, 7) is 2.11. The van der Waals surface area contributed by atoms with Gasteiger partial charge in [0.05, 0.1) is 34.7 Å². The number of hydrogen-bond donors (Lipinski definition) is 3. The molecule has 0 saturated heterocycles. The van der Waals surface area contributed by atoms with E-state index in [0.717, 1.165) is 44.4 Å². The molecule has 1 amide bonds. The lowest BCUT2D eigenvalue weighted by atomic mass is 10.1. The van der Waals surface area contributed by atoms with E-state index < -0.39 is 0 Å². The molecule has 0 aliphatic rings. The van der Waals surface area contributed by atoms with Gasteiger partial charge in [-0.25, -0.2) is 9.97 Å². The van der Waals surface area contributed by atoms with Crippen LogP contribution in [-0.2, 0) is 11.2 Å². The summed E-state index contributed by atoms with van der Waals surface area (Å²) in [7, 11) is 0. The first-order valence-corrected chi connectivity index (χ1v) is 13.6. The highest BCUT2D eigenvalue weighted by Crippen LogP contribution is 2.35. The molecule has 0 aliphatic carbocycles. The lowest BCUT2D eigenvalue weighted by molar-refractivity contribution is -0.115. The van der Waals surface area contributed by atoms with Crippen LogP contribution in [0, 0.1) is 6.92 Å². The molecule has 0 spiro atoms. The van der Waals surface area contributed by atoms with Gasteiger partial charge in [-0.15, -0.1) is 11.3 Å². The molecule has 194 valence electrons. The van der Waals surface area contributed by atoms with Crippen LogP contribution in [0.1, 0.15) is 10.4 Å². The van der Waals surface area contributed by atoms with Crippen LogP contribution in [0.3, 0.4) is 0 Å². The Labute approximate surface area is 233 Å². The zero-order chi connectivity index (χ0) is 27.1. The number of carbonyl (C=O) groups is 1. The molecule has 8 nitrogen and oxygen atoms in total. The Bertz CT molecular complexity index is 2010. The monoisotopic (exact) mass is 541 g/mol. The molecular weight excluding hydrogens is 518 g/mol. The fourth-order valence-electron chi connectivity index (χ4n) is 4.82. The third kappa shape index (κ3) is 4.52. The molecule has 0 saturated carbocycles. The molecule has 9 heteroatoms. The molecule has 3 N–H and O–H groups in total. The highest BCUT2D eigenvalue weighted by molar-refractivity contribution is 7.15. The van der Waals surface area contributed by atoms with E-state index in [4.69, 9.17) is 4.98 Å². The number of nitrogens with one attached hydrogen (secondary N) is 3. The van der Waals surface area contributed by atoms with E-state index in [1.807, 2.05) is 54.6 Å². The number of amides is 1. The van der Waals surface area contributed by atoms with Crippen molar-refractivity contribution in [3.05, 3.63) is 102 Å². The number of hydrogen-bond acceptors (Lipinski definition) is 6. The van der Waals surface area contributed by atoms with Gasteiger partial charge in [-0.2, -0.15) is 5.10 Å². The molecule has 7 aromatic rings. The minimum absolute atomic E-state index is 0.0992. The minimum Gasteiger partial charge on any atom is -0.337 e. The van der Waals surface area contributed by atoms with Crippen LogP contribution in [-0.4, -0.2) is 36.0 Å². The van der Waals surface area contributed by atoms with Gasteiger partial charge in [-0.1, -0.05) is 42.5 Å². The van der Waals surface area contributed by atoms with E-state index in [-0.39, 0.29) is 5.91 Å². The lowest BCUT2D eigenvalue weighted by Gasteiger charge is -2.07. The van der Waals surface area contributed by atoms with E-state index in [9.17, 15) is 4.79 Å². The van der Waals surface area contributed by atoms with Crippen molar-refractivity contribution in [1.82, 2.24) is 30.1 Å². The molecule has 2 aromatic carbocycles. The number of para-hydroxylation sites is 1. The maximum absolute atomic E-state index is 12.6. The molecule has 0 atom stereocenters. The van der Waals surface area contributed by atoms with Crippen LogP contribution in [0.15, 0.2) is 91.4 Å². The van der Waals surface area contributed by atoms with Gasteiger partial charge < -0.3 is 10.3 Å². The standard InChI is InChI=1S/C31H23N7OS/c1-18-10-11-26(40-18)23-8-5-9-25-28(23)36-31(35-25)29-24-14-21(16-33-30(24)38-37-29)20-13-22(17-32-15-20)34-27(39)12-19-6-3-2-4-7-19/h2-11,13-17H,12H2,1H3,(H,34,39)(H,35,36)(H,33,37,38). The number of H-pyrrole nitrogens is 2. The number of rotatable bonds is 6. The van der Waals surface area contributed by atoms with E-state index in [1.165, 1.54) is 9.75 Å². The van der Waals surface area contributed by atoms with Crippen LogP contribution in [0.2, 0.25) is 0 Å². The van der Waals surface area contributed by atoms with Crippen molar-refractivity contribution in [2.45, 2.75) is 13.3 Å². The maximum Gasteiger partial charge on any atom is 0.228 e. The summed E-state index contributed by atoms with van der Waals surface area (Å²) in [6, 6.07) is 24.0. The van der Waals surface area contributed by atoms with Crippen LogP contribution in [0.25, 0.3) is 55.2 Å². The number of pyridine rings is 2. The quantitative estimate of drug-likeness (QED) is 0.215. The summed E-state index contributed by atoms with van der Waals surface area (Å²) in [5.74, 6) is 0.593. The molecular formula is C31H23N7OS. The van der Waals surface area contributed by atoms with Crippen molar-refractivity contribution in [2.75, 3.05) is 5.32 Å². The molecule has 5 heterocycles. The highest BCUT2D eigenvalue weighted by Gasteiger charge is 2.17. The van der Waals surface area contributed by atoms with Crippen molar-refractivity contribution < 1.29 is 4.79 Å². The summed E-state index contributed by atoms with van der Waals surface area (Å²) in [6.07, 6.45) is 5.45. The Balaban J connectivity index is 1.21. The number of nitrogens with zero attached hydrogens (tertiary/aromatic N) is 4. The fourth-order valence-corrected chi connectivity index (χ4v) is 5.71. The second-order valence-corrected chi connectivity index (χ2v) is 10.9. The van der Waals surface area contributed by atoms with E-state index in [0.29, 0.717) is 23.6 Å². The van der Waals surface area contributed by atoms with E-state index in [2.05, 4.69) is 55.6 Å². The average Bonchev–Trinajstić information content (AvgIpc) is 3.71. The van der Waals surface area contributed by atoms with Gasteiger partial charge in [0.25, 0.3) is 0 Å². The van der Waals surface area contributed by atoms with Crippen molar-refractivity contribution in [3.8, 4) is 33.1 Å². The highest BCUT2D eigenvalue weighted by atomic mass is 32.1. The smallest absolute Gasteiger partial charge is 0.228 e. The first-order valence-electron chi connectivity index (χ1n) is 12.8. The minimum atomic E-state index is -0.0992. The van der Waals surface area contributed by atoms with Gasteiger partial charge in [-0.05, 0) is 42.8 Å². The van der Waals surface area contributed by atoms with Crippen molar-refractivity contribution in [2.24, 2.45) is 0 Å². The Kier molecular flexibility index (Phi) is 5.90. The molecule has 0 bridgehead atoms. The molecule has 0 unspecified atom stereocenters. The Hall–Kier alpha value is -5.15. The average molecular weight is 542 g/mol. The van der Waals surface area contributed by atoms with Gasteiger partial charge in [0, 0.05) is 38.8 Å². The number of fused-ring (bicyclic) bond motifs is 2. The van der Waals surface area contributed by atoms with Crippen LogP contribution in [0.5, 0.6) is 0 Å². The van der Waals surface area contributed by atoms with Gasteiger partial charge >= 0.3 is 0 Å². The van der Waals surface area contributed by atoms with Crippen molar-refractivity contribution in [3.63, 3.8) is 0 Å². The van der Waals surface area contributed by atoms with Gasteiger partial charge in [0.2, 0.25) is 5.91 Å². The van der Waals surface area contributed by atoms with Crippen molar-refractivity contribution in [1.29, 1.82) is 0 Å². The zero-order valence-electron chi connectivity index (χ0n) is 21.5. The first-order chi connectivity index (χ1) is 19.6. The summed E-state index contributed by atoms with van der Waals surface area (Å²) in [4.78, 5) is 32.4. The summed E-state index contributed by atoms with van der Waals surface area (Å²) < 4.78 is 0. The SMILES string of the molecule is Cc1ccc(-c2cccc3[nH]c(-c4[nH]nc5ncc(-c6cncc(NC(=O)Cc7ccccc7)c6)cc45)nc23)s1. The van der Waals surface area contributed by atoms with Crippen LogP contribution < -0.4 is 5.32 Å².